The molecule has 2 amide bonds. The highest BCUT2D eigenvalue weighted by molar-refractivity contribution is 7.92. The zero-order chi connectivity index (χ0) is 25.8. The number of benzene rings is 2. The number of nitrogens with zero attached hydrogens (tertiary/aromatic N) is 2. The van der Waals surface area contributed by atoms with E-state index in [9.17, 15) is 22.4 Å². The molecule has 0 aromatic heterocycles. The second-order valence-electron chi connectivity index (χ2n) is 8.98. The van der Waals surface area contributed by atoms with Gasteiger partial charge in [-0.2, -0.15) is 0 Å². The lowest BCUT2D eigenvalue weighted by Crippen LogP contribution is -2.52. The standard InChI is InChI=1S/C25H31ClFN3O4S/c1-17-12-13-21(14-22(17)26)30(35(3,33)34)16-24(31)29(15-19-8-4-7-11-23(19)27)18(2)25(32)28-20-9-5-6-10-20/h4,7-8,11-14,18,20H,5-6,9-10,15-16H2,1-3H3,(H,28,32)/t18-/m1/s1. The molecular formula is C25H31ClFN3O4S. The van der Waals surface area contributed by atoms with Crippen LogP contribution < -0.4 is 9.62 Å². The molecule has 10 heteroatoms. The highest BCUT2D eigenvalue weighted by atomic mass is 35.5. The van der Waals surface area contributed by atoms with Gasteiger partial charge in [0.1, 0.15) is 18.4 Å². The van der Waals surface area contributed by atoms with E-state index in [1.807, 2.05) is 0 Å². The molecule has 1 aliphatic carbocycles. The Morgan fingerprint density at radius 2 is 1.83 bits per heavy atom. The van der Waals surface area contributed by atoms with Crippen molar-refractivity contribution in [2.45, 2.75) is 58.2 Å². The van der Waals surface area contributed by atoms with E-state index in [0.29, 0.717) is 5.02 Å². The molecule has 1 saturated carbocycles. The van der Waals surface area contributed by atoms with Crippen LogP contribution in [0.2, 0.25) is 5.02 Å². The summed E-state index contributed by atoms with van der Waals surface area (Å²) in [6, 6.07) is 9.78. The SMILES string of the molecule is Cc1ccc(N(CC(=O)N(Cc2ccccc2F)[C@H](C)C(=O)NC2CCCC2)S(C)(=O)=O)cc1Cl. The largest absolute Gasteiger partial charge is 0.352 e. The van der Waals surface area contributed by atoms with Crippen LogP contribution in [0.4, 0.5) is 10.1 Å². The quantitative estimate of drug-likeness (QED) is 0.537. The first-order chi connectivity index (χ1) is 16.5. The number of anilines is 1. The lowest BCUT2D eigenvalue weighted by Gasteiger charge is -2.32. The number of hydrogen-bond donors (Lipinski definition) is 1. The Labute approximate surface area is 211 Å². The molecule has 1 N–H and O–H groups in total. The molecular weight excluding hydrogens is 493 g/mol. The summed E-state index contributed by atoms with van der Waals surface area (Å²) >= 11 is 6.19. The first-order valence-electron chi connectivity index (χ1n) is 11.5. The maximum absolute atomic E-state index is 14.4. The third-order valence-corrected chi connectivity index (χ3v) is 7.84. The maximum atomic E-state index is 14.4. The summed E-state index contributed by atoms with van der Waals surface area (Å²) in [6.07, 6.45) is 4.79. The first kappa shape index (κ1) is 26.9. The van der Waals surface area contributed by atoms with Gasteiger partial charge in [-0.05, 0) is 50.5 Å². The molecule has 0 saturated heterocycles. The normalized spacial score (nSPS) is 15.0. The van der Waals surface area contributed by atoms with Crippen LogP contribution in [0.3, 0.4) is 0 Å². The Kier molecular flexibility index (Phi) is 8.77. The fourth-order valence-corrected chi connectivity index (χ4v) is 5.15. The number of sulfonamides is 1. The first-order valence-corrected chi connectivity index (χ1v) is 13.8. The summed E-state index contributed by atoms with van der Waals surface area (Å²) in [7, 11) is -3.87. The zero-order valence-corrected chi connectivity index (χ0v) is 21.7. The van der Waals surface area contributed by atoms with Crippen molar-refractivity contribution in [3.8, 4) is 0 Å². The molecule has 0 spiro atoms. The van der Waals surface area contributed by atoms with E-state index in [-0.39, 0.29) is 29.7 Å². The summed E-state index contributed by atoms with van der Waals surface area (Å²) in [4.78, 5) is 27.7. The molecule has 1 aliphatic rings. The molecule has 0 bridgehead atoms. The third kappa shape index (κ3) is 6.95. The van der Waals surface area contributed by atoms with Crippen LogP contribution in [-0.4, -0.2) is 50.0 Å². The van der Waals surface area contributed by atoms with Crippen LogP contribution >= 0.6 is 11.6 Å². The minimum absolute atomic E-state index is 0.0394. The Hall–Kier alpha value is -2.65. The molecule has 7 nitrogen and oxygen atoms in total. The number of amides is 2. The molecule has 1 fully saturated rings. The second-order valence-corrected chi connectivity index (χ2v) is 11.3. The lowest BCUT2D eigenvalue weighted by molar-refractivity contribution is -0.139. The van der Waals surface area contributed by atoms with Crippen molar-refractivity contribution in [1.29, 1.82) is 0 Å². The van der Waals surface area contributed by atoms with E-state index in [1.165, 1.54) is 29.2 Å². The Bertz CT molecular complexity index is 1180. The summed E-state index contributed by atoms with van der Waals surface area (Å²) in [5.74, 6) is -1.51. The van der Waals surface area contributed by atoms with Crippen molar-refractivity contribution >= 4 is 39.1 Å². The van der Waals surface area contributed by atoms with Gasteiger partial charge in [0.25, 0.3) is 0 Å². The molecule has 0 radical (unpaired) electrons. The average molecular weight is 524 g/mol. The number of carbonyl (C=O) groups is 2. The molecule has 1 atom stereocenters. The maximum Gasteiger partial charge on any atom is 0.244 e. The van der Waals surface area contributed by atoms with Gasteiger partial charge in [-0.3, -0.25) is 13.9 Å². The minimum Gasteiger partial charge on any atom is -0.352 e. The predicted octanol–water partition coefficient (Wildman–Crippen LogP) is 4.03. The molecule has 0 aliphatic heterocycles. The van der Waals surface area contributed by atoms with Gasteiger partial charge in [-0.1, -0.05) is 48.7 Å². The van der Waals surface area contributed by atoms with Crippen LogP contribution in [0.1, 0.15) is 43.7 Å². The van der Waals surface area contributed by atoms with Gasteiger partial charge in [0.2, 0.25) is 21.8 Å². The molecule has 3 rings (SSSR count). The molecule has 190 valence electrons. The van der Waals surface area contributed by atoms with Crippen LogP contribution in [0.25, 0.3) is 0 Å². The number of aryl methyl sites for hydroxylation is 1. The van der Waals surface area contributed by atoms with Crippen LogP contribution in [-0.2, 0) is 26.2 Å². The molecule has 0 unspecified atom stereocenters. The Morgan fingerprint density at radius 3 is 2.43 bits per heavy atom. The Balaban J connectivity index is 1.90. The van der Waals surface area contributed by atoms with Crippen LogP contribution in [0, 0.1) is 12.7 Å². The summed E-state index contributed by atoms with van der Waals surface area (Å²) in [6.45, 7) is 2.60. The van der Waals surface area contributed by atoms with Gasteiger partial charge < -0.3 is 10.2 Å². The highest BCUT2D eigenvalue weighted by Gasteiger charge is 2.32. The smallest absolute Gasteiger partial charge is 0.244 e. The summed E-state index contributed by atoms with van der Waals surface area (Å²) in [5.41, 5.74) is 1.21. The number of rotatable bonds is 9. The number of carbonyl (C=O) groups excluding carboxylic acids is 2. The van der Waals surface area contributed by atoms with Crippen molar-refractivity contribution in [2.24, 2.45) is 0 Å². The lowest BCUT2D eigenvalue weighted by atomic mass is 10.1. The molecule has 2 aromatic carbocycles. The van der Waals surface area contributed by atoms with Gasteiger partial charge in [0.15, 0.2) is 0 Å². The molecule has 2 aromatic rings. The van der Waals surface area contributed by atoms with Crippen molar-refractivity contribution in [2.75, 3.05) is 17.1 Å². The van der Waals surface area contributed by atoms with E-state index < -0.39 is 34.3 Å². The monoisotopic (exact) mass is 523 g/mol. The summed E-state index contributed by atoms with van der Waals surface area (Å²) < 4.78 is 40.6. The van der Waals surface area contributed by atoms with Crippen LogP contribution in [0.15, 0.2) is 42.5 Å². The highest BCUT2D eigenvalue weighted by Crippen LogP contribution is 2.25. The van der Waals surface area contributed by atoms with Gasteiger partial charge in [0, 0.05) is 23.2 Å². The zero-order valence-electron chi connectivity index (χ0n) is 20.1. The Morgan fingerprint density at radius 1 is 1.17 bits per heavy atom. The second kappa shape index (κ2) is 11.4. The topological polar surface area (TPSA) is 86.8 Å². The third-order valence-electron chi connectivity index (χ3n) is 6.29. The molecule has 0 heterocycles. The van der Waals surface area contributed by atoms with Gasteiger partial charge in [-0.15, -0.1) is 0 Å². The minimum atomic E-state index is -3.87. The van der Waals surface area contributed by atoms with E-state index in [2.05, 4.69) is 5.32 Å². The van der Waals surface area contributed by atoms with Crippen LogP contribution in [0.5, 0.6) is 0 Å². The van der Waals surface area contributed by atoms with Crippen molar-refractivity contribution in [3.05, 3.63) is 64.4 Å². The number of hydrogen-bond acceptors (Lipinski definition) is 4. The van der Waals surface area contributed by atoms with Gasteiger partial charge >= 0.3 is 0 Å². The fraction of sp³-hybridized carbons (Fsp3) is 0.440. The average Bonchev–Trinajstić information content (AvgIpc) is 3.30. The van der Waals surface area contributed by atoms with Crippen molar-refractivity contribution < 1.29 is 22.4 Å². The van der Waals surface area contributed by atoms with E-state index in [1.54, 1.807) is 32.0 Å². The van der Waals surface area contributed by atoms with E-state index in [0.717, 1.165) is 41.8 Å². The molecule has 35 heavy (non-hydrogen) atoms. The number of nitrogens with one attached hydrogen (secondary N) is 1. The van der Waals surface area contributed by atoms with E-state index in [4.69, 9.17) is 11.6 Å². The fourth-order valence-electron chi connectivity index (χ4n) is 4.14. The van der Waals surface area contributed by atoms with Crippen molar-refractivity contribution in [1.82, 2.24) is 10.2 Å². The van der Waals surface area contributed by atoms with Gasteiger partial charge in [-0.25, -0.2) is 12.8 Å². The summed E-state index contributed by atoms with van der Waals surface area (Å²) in [5, 5.41) is 3.32. The van der Waals surface area contributed by atoms with Crippen molar-refractivity contribution in [3.63, 3.8) is 0 Å². The predicted molar refractivity (Wildman–Crippen MR) is 135 cm³/mol. The van der Waals surface area contributed by atoms with E-state index >= 15 is 0 Å². The number of halogens is 2. The van der Waals surface area contributed by atoms with Gasteiger partial charge in [0.05, 0.1) is 11.9 Å².